The molecule has 0 saturated carbocycles. The number of hydrogen-bond acceptors (Lipinski definition) is 3. The minimum Gasteiger partial charge on any atom is -0.452 e. The lowest BCUT2D eigenvalue weighted by Gasteiger charge is -2.26. The summed E-state index contributed by atoms with van der Waals surface area (Å²) in [6, 6.07) is 57.3. The summed E-state index contributed by atoms with van der Waals surface area (Å²) >= 11 is 0. The van der Waals surface area contributed by atoms with Crippen LogP contribution in [0.2, 0.25) is 0 Å². The van der Waals surface area contributed by atoms with Gasteiger partial charge in [0.1, 0.15) is 11.2 Å². The first-order valence-electron chi connectivity index (χ1n) is 15.2. The van der Waals surface area contributed by atoms with Gasteiger partial charge in [-0.3, -0.25) is 0 Å². The predicted octanol–water partition coefficient (Wildman–Crippen LogP) is 12.3. The van der Waals surface area contributed by atoms with Gasteiger partial charge in [-0.25, -0.2) is 0 Å². The average Bonchev–Trinajstić information content (AvgIpc) is 3.69. The Morgan fingerprint density at radius 1 is 0.356 bits per heavy atom. The number of furan rings is 2. The molecule has 3 heteroatoms. The number of benzene rings is 7. The van der Waals surface area contributed by atoms with Gasteiger partial charge in [0, 0.05) is 27.5 Å². The van der Waals surface area contributed by atoms with E-state index in [9.17, 15) is 0 Å². The van der Waals surface area contributed by atoms with Crippen LogP contribution in [0.3, 0.4) is 0 Å². The molecule has 0 unspecified atom stereocenters. The van der Waals surface area contributed by atoms with Gasteiger partial charge in [0.25, 0.3) is 0 Å². The van der Waals surface area contributed by atoms with Crippen molar-refractivity contribution in [3.8, 4) is 22.3 Å². The van der Waals surface area contributed by atoms with Gasteiger partial charge in [-0.05, 0) is 64.7 Å². The minimum atomic E-state index is 0.760. The van der Waals surface area contributed by atoms with Crippen LogP contribution in [0.4, 0.5) is 17.1 Å². The quantitative estimate of drug-likeness (QED) is 0.204. The van der Waals surface area contributed by atoms with Crippen LogP contribution in [0.5, 0.6) is 0 Å². The van der Waals surface area contributed by atoms with Crippen LogP contribution in [0, 0.1) is 0 Å². The van der Waals surface area contributed by atoms with Crippen molar-refractivity contribution in [3.63, 3.8) is 0 Å². The molecule has 0 aliphatic carbocycles. The molecule has 3 nitrogen and oxygen atoms in total. The van der Waals surface area contributed by atoms with Crippen molar-refractivity contribution >= 4 is 60.9 Å². The molecule has 2 aromatic heterocycles. The second-order valence-electron chi connectivity index (χ2n) is 11.3. The highest BCUT2D eigenvalue weighted by atomic mass is 16.4. The van der Waals surface area contributed by atoms with Gasteiger partial charge < -0.3 is 13.7 Å². The SMILES string of the molecule is c1ccc(-c2ccc(-c3ccc(N(c4ccccc4)c4cc5c6ccccc6oc5c5oc6ccccc6c45)cc3)cc2)cc1. The first-order chi connectivity index (χ1) is 22.3. The second kappa shape index (κ2) is 10.3. The van der Waals surface area contributed by atoms with Crippen molar-refractivity contribution in [2.24, 2.45) is 0 Å². The lowest BCUT2D eigenvalue weighted by atomic mass is 10.00. The fourth-order valence-electron chi connectivity index (χ4n) is 6.52. The van der Waals surface area contributed by atoms with E-state index >= 15 is 0 Å². The largest absolute Gasteiger partial charge is 0.452 e. The Labute approximate surface area is 260 Å². The maximum Gasteiger partial charge on any atom is 0.180 e. The highest BCUT2D eigenvalue weighted by Crippen LogP contribution is 2.48. The van der Waals surface area contributed by atoms with Crippen LogP contribution in [0.15, 0.2) is 173 Å². The Hall–Kier alpha value is -6.06. The zero-order valence-corrected chi connectivity index (χ0v) is 24.4. The fourth-order valence-corrected chi connectivity index (χ4v) is 6.52. The Kier molecular flexibility index (Phi) is 5.82. The van der Waals surface area contributed by atoms with Gasteiger partial charge in [0.05, 0.1) is 11.1 Å². The highest BCUT2D eigenvalue weighted by Gasteiger charge is 2.24. The summed E-state index contributed by atoms with van der Waals surface area (Å²) in [6.07, 6.45) is 0. The molecule has 0 saturated heterocycles. The van der Waals surface area contributed by atoms with Crippen LogP contribution >= 0.6 is 0 Å². The summed E-state index contributed by atoms with van der Waals surface area (Å²) in [6.45, 7) is 0. The van der Waals surface area contributed by atoms with Crippen LogP contribution in [0.1, 0.15) is 0 Å². The van der Waals surface area contributed by atoms with Crippen molar-refractivity contribution in [1.82, 2.24) is 0 Å². The fraction of sp³-hybridized carbons (Fsp3) is 0. The summed E-state index contributed by atoms with van der Waals surface area (Å²) in [7, 11) is 0. The van der Waals surface area contributed by atoms with Crippen molar-refractivity contribution in [3.05, 3.63) is 164 Å². The van der Waals surface area contributed by atoms with Gasteiger partial charge in [0.2, 0.25) is 0 Å². The van der Waals surface area contributed by atoms with Gasteiger partial charge >= 0.3 is 0 Å². The van der Waals surface area contributed by atoms with Gasteiger partial charge in [0.15, 0.2) is 11.2 Å². The minimum absolute atomic E-state index is 0.760. The van der Waals surface area contributed by atoms with E-state index in [1.807, 2.05) is 30.3 Å². The van der Waals surface area contributed by atoms with Crippen molar-refractivity contribution in [2.75, 3.05) is 4.90 Å². The number of hydrogen-bond donors (Lipinski definition) is 0. The molecule has 7 aromatic carbocycles. The average molecular weight is 578 g/mol. The smallest absolute Gasteiger partial charge is 0.180 e. The summed E-state index contributed by atoms with van der Waals surface area (Å²) in [4.78, 5) is 2.33. The maximum atomic E-state index is 6.56. The summed E-state index contributed by atoms with van der Waals surface area (Å²) in [5, 5.41) is 4.18. The van der Waals surface area contributed by atoms with Crippen LogP contribution < -0.4 is 4.90 Å². The number of nitrogens with zero attached hydrogens (tertiary/aromatic N) is 1. The first kappa shape index (κ1) is 25.4. The molecule has 9 rings (SSSR count). The predicted molar refractivity (Wildman–Crippen MR) is 187 cm³/mol. The zero-order chi connectivity index (χ0) is 29.7. The van der Waals surface area contributed by atoms with Crippen molar-refractivity contribution in [2.45, 2.75) is 0 Å². The third-order valence-corrected chi connectivity index (χ3v) is 8.68. The Morgan fingerprint density at radius 3 is 1.49 bits per heavy atom. The molecular formula is C42H27NO2. The Bertz CT molecular complexity index is 2450. The zero-order valence-electron chi connectivity index (χ0n) is 24.4. The van der Waals surface area contributed by atoms with Gasteiger partial charge in [-0.2, -0.15) is 0 Å². The standard InChI is InChI=1S/C42H27NO2/c1-3-11-28(12-4-1)29-19-21-30(22-20-29)31-23-25-33(26-24-31)43(32-13-5-2-6-14-32)37-27-36-34-15-7-9-17-38(34)44-41(36)42-40(37)35-16-8-10-18-39(35)45-42/h1-27H. The summed E-state index contributed by atoms with van der Waals surface area (Å²) in [5.41, 5.74) is 11.2. The number of rotatable bonds is 5. The molecule has 0 spiro atoms. The number of para-hydroxylation sites is 3. The van der Waals surface area contributed by atoms with E-state index in [1.165, 1.54) is 22.3 Å². The molecule has 0 bridgehead atoms. The normalized spacial score (nSPS) is 11.6. The Balaban J connectivity index is 1.23. The topological polar surface area (TPSA) is 29.5 Å². The maximum absolute atomic E-state index is 6.56. The van der Waals surface area contributed by atoms with E-state index in [2.05, 4.69) is 138 Å². The molecule has 0 aliphatic heterocycles. The molecule has 0 amide bonds. The molecule has 0 N–H and O–H groups in total. The van der Waals surface area contributed by atoms with Gasteiger partial charge in [-0.15, -0.1) is 0 Å². The van der Waals surface area contributed by atoms with Crippen molar-refractivity contribution < 1.29 is 8.83 Å². The molecule has 45 heavy (non-hydrogen) atoms. The van der Waals surface area contributed by atoms with E-state index in [0.29, 0.717) is 0 Å². The third kappa shape index (κ3) is 4.21. The molecule has 2 heterocycles. The van der Waals surface area contributed by atoms with Gasteiger partial charge in [-0.1, -0.05) is 121 Å². The molecule has 212 valence electrons. The van der Waals surface area contributed by atoms with Crippen LogP contribution in [0.25, 0.3) is 66.1 Å². The molecule has 0 fully saturated rings. The monoisotopic (exact) mass is 577 g/mol. The molecule has 9 aromatic rings. The molecule has 0 radical (unpaired) electrons. The lowest BCUT2D eigenvalue weighted by molar-refractivity contribution is 0.633. The Morgan fingerprint density at radius 2 is 0.822 bits per heavy atom. The summed E-state index contributed by atoms with van der Waals surface area (Å²) in [5.74, 6) is 0. The van der Waals surface area contributed by atoms with Crippen LogP contribution in [-0.2, 0) is 0 Å². The van der Waals surface area contributed by atoms with E-state index < -0.39 is 0 Å². The van der Waals surface area contributed by atoms with Crippen LogP contribution in [-0.4, -0.2) is 0 Å². The second-order valence-corrected chi connectivity index (χ2v) is 11.3. The third-order valence-electron chi connectivity index (χ3n) is 8.68. The first-order valence-corrected chi connectivity index (χ1v) is 15.2. The highest BCUT2D eigenvalue weighted by molar-refractivity contribution is 6.24. The van der Waals surface area contributed by atoms with E-state index in [1.54, 1.807) is 0 Å². The van der Waals surface area contributed by atoms with E-state index in [-0.39, 0.29) is 0 Å². The number of anilines is 3. The number of fused-ring (bicyclic) bond motifs is 7. The molecule has 0 aliphatic rings. The van der Waals surface area contributed by atoms with E-state index in [0.717, 1.165) is 60.9 Å². The molecular weight excluding hydrogens is 550 g/mol. The van der Waals surface area contributed by atoms with Crippen molar-refractivity contribution in [1.29, 1.82) is 0 Å². The molecule has 0 atom stereocenters. The lowest BCUT2D eigenvalue weighted by Crippen LogP contribution is -2.10. The van der Waals surface area contributed by atoms with E-state index in [4.69, 9.17) is 8.83 Å². The summed E-state index contributed by atoms with van der Waals surface area (Å²) < 4.78 is 13.0.